The largest absolute Gasteiger partial charge is 0.355 e. The average Bonchev–Trinajstić information content (AvgIpc) is 2.87. The van der Waals surface area contributed by atoms with Crippen molar-refractivity contribution in [1.29, 1.82) is 0 Å². The van der Waals surface area contributed by atoms with Crippen LogP contribution in [-0.4, -0.2) is 34.1 Å². The third-order valence-electron chi connectivity index (χ3n) is 5.21. The minimum absolute atomic E-state index is 0.499. The van der Waals surface area contributed by atoms with Gasteiger partial charge in [0.1, 0.15) is 5.54 Å². The molecule has 0 bridgehead atoms. The van der Waals surface area contributed by atoms with Gasteiger partial charge in [0.05, 0.1) is 6.26 Å². The zero-order chi connectivity index (χ0) is 20.5. The van der Waals surface area contributed by atoms with Crippen LogP contribution in [0.15, 0.2) is 65.6 Å². The molecule has 6 heteroatoms. The van der Waals surface area contributed by atoms with Crippen LogP contribution >= 0.6 is 0 Å². The summed E-state index contributed by atoms with van der Waals surface area (Å²) in [5, 5.41) is 0. The van der Waals surface area contributed by atoms with Gasteiger partial charge in [-0.2, -0.15) is 0 Å². The highest BCUT2D eigenvalue weighted by atomic mass is 32.2. The fourth-order valence-electron chi connectivity index (χ4n) is 4.11. The van der Waals surface area contributed by atoms with Crippen molar-refractivity contribution in [3.8, 4) is 0 Å². The first-order chi connectivity index (χ1) is 13.2. The second kappa shape index (κ2) is 7.43. The Labute approximate surface area is 168 Å². The molecule has 1 aliphatic rings. The molecule has 0 N–H and O–H groups in total. The van der Waals surface area contributed by atoms with E-state index in [1.165, 1.54) is 5.56 Å². The normalized spacial score (nSPS) is 20.3. The molecular weight excluding hydrogens is 370 g/mol. The number of para-hydroxylation sites is 1. The van der Waals surface area contributed by atoms with Crippen LogP contribution in [0, 0.1) is 6.92 Å². The predicted octanol–water partition coefficient (Wildman–Crippen LogP) is 4.10. The maximum atomic E-state index is 12.2. The Kier molecular flexibility index (Phi) is 5.35. The molecule has 0 fully saturated rings. The number of anilines is 2. The van der Waals surface area contributed by atoms with Crippen molar-refractivity contribution in [2.45, 2.75) is 25.8 Å². The molecule has 1 unspecified atom stereocenters. The van der Waals surface area contributed by atoms with Gasteiger partial charge in [0.2, 0.25) is 0 Å². The molecule has 0 saturated heterocycles. The van der Waals surface area contributed by atoms with E-state index in [0.717, 1.165) is 23.2 Å². The maximum Gasteiger partial charge on any atom is 0.251 e. The summed E-state index contributed by atoms with van der Waals surface area (Å²) < 4.78 is 28.6. The molecule has 0 saturated carbocycles. The second-order valence-corrected chi connectivity index (χ2v) is 8.81. The SMILES string of the molecule is C=CCC1(N(CC)c2ccc(C)cc2)/C(=N/S(C)(=O)=O)N(C)c2ccccc21. The van der Waals surface area contributed by atoms with Gasteiger partial charge in [0.25, 0.3) is 10.0 Å². The Morgan fingerprint density at radius 3 is 2.39 bits per heavy atom. The number of sulfonamides is 1. The summed E-state index contributed by atoms with van der Waals surface area (Å²) in [4.78, 5) is 4.11. The Morgan fingerprint density at radius 2 is 1.82 bits per heavy atom. The second-order valence-electron chi connectivity index (χ2n) is 7.16. The summed E-state index contributed by atoms with van der Waals surface area (Å²) in [5.74, 6) is 0.499. The Bertz CT molecular complexity index is 1010. The van der Waals surface area contributed by atoms with Crippen molar-refractivity contribution < 1.29 is 8.42 Å². The van der Waals surface area contributed by atoms with Gasteiger partial charge in [-0.15, -0.1) is 11.0 Å². The molecule has 5 nitrogen and oxygen atoms in total. The molecule has 0 radical (unpaired) electrons. The van der Waals surface area contributed by atoms with Crippen molar-refractivity contribution in [3.63, 3.8) is 0 Å². The quantitative estimate of drug-likeness (QED) is 0.689. The van der Waals surface area contributed by atoms with Crippen LogP contribution < -0.4 is 9.80 Å². The summed E-state index contributed by atoms with van der Waals surface area (Å²) in [6.45, 7) is 8.78. The molecule has 0 amide bonds. The van der Waals surface area contributed by atoms with Crippen molar-refractivity contribution >= 4 is 27.2 Å². The molecule has 1 heterocycles. The van der Waals surface area contributed by atoms with Crippen LogP contribution in [0.5, 0.6) is 0 Å². The van der Waals surface area contributed by atoms with Crippen LogP contribution in [0.2, 0.25) is 0 Å². The minimum Gasteiger partial charge on any atom is -0.355 e. The lowest BCUT2D eigenvalue weighted by Crippen LogP contribution is -2.53. The molecule has 28 heavy (non-hydrogen) atoms. The summed E-state index contributed by atoms with van der Waals surface area (Å²) in [6, 6.07) is 16.3. The number of benzene rings is 2. The van der Waals surface area contributed by atoms with E-state index in [4.69, 9.17) is 0 Å². The van der Waals surface area contributed by atoms with Crippen molar-refractivity contribution in [3.05, 3.63) is 72.3 Å². The highest BCUT2D eigenvalue weighted by Crippen LogP contribution is 2.48. The summed E-state index contributed by atoms with van der Waals surface area (Å²) >= 11 is 0. The van der Waals surface area contributed by atoms with E-state index in [-0.39, 0.29) is 0 Å². The van der Waals surface area contributed by atoms with Crippen LogP contribution in [0.3, 0.4) is 0 Å². The molecule has 0 spiro atoms. The van der Waals surface area contributed by atoms with Crippen LogP contribution in [0.25, 0.3) is 0 Å². The van der Waals surface area contributed by atoms with Gasteiger partial charge in [0, 0.05) is 30.5 Å². The lowest BCUT2D eigenvalue weighted by Gasteiger charge is -2.43. The van der Waals surface area contributed by atoms with Gasteiger partial charge in [0.15, 0.2) is 5.84 Å². The number of rotatable bonds is 6. The Balaban J connectivity index is 2.36. The summed E-state index contributed by atoms with van der Waals surface area (Å²) in [5.41, 5.74) is 3.42. The molecule has 0 aliphatic carbocycles. The van der Waals surface area contributed by atoms with Gasteiger partial charge in [-0.25, -0.2) is 8.42 Å². The van der Waals surface area contributed by atoms with Gasteiger partial charge in [-0.1, -0.05) is 42.0 Å². The van der Waals surface area contributed by atoms with Gasteiger partial charge >= 0.3 is 0 Å². The van der Waals surface area contributed by atoms with Crippen LogP contribution in [-0.2, 0) is 15.6 Å². The number of likely N-dealkylation sites (N-methyl/N-ethyl adjacent to an activating group) is 2. The monoisotopic (exact) mass is 397 g/mol. The van der Waals surface area contributed by atoms with Crippen LogP contribution in [0.1, 0.15) is 24.5 Å². The van der Waals surface area contributed by atoms with E-state index >= 15 is 0 Å². The average molecular weight is 398 g/mol. The smallest absolute Gasteiger partial charge is 0.251 e. The zero-order valence-corrected chi connectivity index (χ0v) is 17.7. The first-order valence-electron chi connectivity index (χ1n) is 9.33. The van der Waals surface area contributed by atoms with E-state index < -0.39 is 15.6 Å². The molecule has 2 aromatic rings. The van der Waals surface area contributed by atoms with Crippen molar-refractivity contribution in [1.82, 2.24) is 0 Å². The van der Waals surface area contributed by atoms with Crippen molar-refractivity contribution in [2.75, 3.05) is 29.6 Å². The molecule has 1 atom stereocenters. The van der Waals surface area contributed by atoms with E-state index in [1.54, 1.807) is 0 Å². The lowest BCUT2D eigenvalue weighted by atomic mass is 9.84. The lowest BCUT2D eigenvalue weighted by molar-refractivity contribution is 0.548. The predicted molar refractivity (Wildman–Crippen MR) is 118 cm³/mol. The Morgan fingerprint density at radius 1 is 1.18 bits per heavy atom. The van der Waals surface area contributed by atoms with Crippen LogP contribution in [0.4, 0.5) is 11.4 Å². The molecule has 3 rings (SSSR count). The fraction of sp³-hybridized carbons (Fsp3) is 0.318. The van der Waals surface area contributed by atoms with E-state index in [9.17, 15) is 8.42 Å². The number of nitrogens with zero attached hydrogens (tertiary/aromatic N) is 3. The minimum atomic E-state index is -3.59. The number of hydrogen-bond acceptors (Lipinski definition) is 3. The molecule has 148 valence electrons. The maximum absolute atomic E-state index is 12.2. The third kappa shape index (κ3) is 3.33. The molecule has 0 aromatic heterocycles. The first-order valence-corrected chi connectivity index (χ1v) is 11.2. The molecular formula is C22H27N3O2S. The van der Waals surface area contributed by atoms with Gasteiger partial charge in [-0.3, -0.25) is 0 Å². The van der Waals surface area contributed by atoms with E-state index in [2.05, 4.69) is 60.1 Å². The Hall–Kier alpha value is -2.60. The fourth-order valence-corrected chi connectivity index (χ4v) is 4.69. The first kappa shape index (κ1) is 20.1. The van der Waals surface area contributed by atoms with Gasteiger partial charge < -0.3 is 9.80 Å². The van der Waals surface area contributed by atoms with E-state index in [0.29, 0.717) is 18.8 Å². The summed E-state index contributed by atoms with van der Waals surface area (Å²) in [6.07, 6.45) is 3.51. The molecule has 2 aromatic carbocycles. The van der Waals surface area contributed by atoms with Crippen molar-refractivity contribution in [2.24, 2.45) is 4.40 Å². The third-order valence-corrected chi connectivity index (χ3v) is 5.72. The number of hydrogen-bond donors (Lipinski definition) is 0. The zero-order valence-electron chi connectivity index (χ0n) is 16.9. The molecule has 1 aliphatic heterocycles. The highest BCUT2D eigenvalue weighted by Gasteiger charge is 2.51. The number of amidine groups is 1. The van der Waals surface area contributed by atoms with E-state index in [1.807, 2.05) is 36.2 Å². The van der Waals surface area contributed by atoms with Gasteiger partial charge in [-0.05, 0) is 38.5 Å². The number of fused-ring (bicyclic) bond motifs is 1. The standard InChI is InChI=1S/C22H27N3O2S/c1-6-16-22(25(7-2)18-14-12-17(3)13-15-18)19-10-8-9-11-20(19)24(4)21(22)23-28(5,26)27/h6,8-15H,1,7,16H2,2-5H3/b23-21-. The topological polar surface area (TPSA) is 53.0 Å². The highest BCUT2D eigenvalue weighted by molar-refractivity contribution is 7.89. The summed E-state index contributed by atoms with van der Waals surface area (Å²) in [7, 11) is -1.72. The number of aryl methyl sites for hydroxylation is 1.